The summed E-state index contributed by atoms with van der Waals surface area (Å²) in [5.74, 6) is 0. The van der Waals surface area contributed by atoms with Gasteiger partial charge in [0.15, 0.2) is 0 Å². The molecule has 0 aliphatic carbocycles. The van der Waals surface area contributed by atoms with Crippen molar-refractivity contribution in [1.82, 2.24) is 15.1 Å². The van der Waals surface area contributed by atoms with E-state index in [0.29, 0.717) is 6.10 Å². The van der Waals surface area contributed by atoms with E-state index >= 15 is 0 Å². The third kappa shape index (κ3) is 3.06. The first-order valence-electron chi connectivity index (χ1n) is 6.12. The van der Waals surface area contributed by atoms with Gasteiger partial charge in [0, 0.05) is 25.4 Å². The van der Waals surface area contributed by atoms with Gasteiger partial charge in [-0.3, -0.25) is 10.00 Å². The van der Waals surface area contributed by atoms with Crippen LogP contribution in [0.1, 0.15) is 31.2 Å². The maximum atomic E-state index is 5.66. The number of aryl methyl sites for hydroxylation is 1. The predicted octanol–water partition coefficient (Wildman–Crippen LogP) is 1.72. The summed E-state index contributed by atoms with van der Waals surface area (Å²) < 4.78 is 5.66. The maximum Gasteiger partial charge on any atom is 0.0765 e. The lowest BCUT2D eigenvalue weighted by Gasteiger charge is -2.22. The maximum absolute atomic E-state index is 5.66. The zero-order valence-electron chi connectivity index (χ0n) is 10.2. The Morgan fingerprint density at radius 2 is 2.50 bits per heavy atom. The highest BCUT2D eigenvalue weighted by Crippen LogP contribution is 2.14. The van der Waals surface area contributed by atoms with Gasteiger partial charge in [-0.25, -0.2) is 0 Å². The minimum atomic E-state index is 0.431. The number of aromatic nitrogens is 2. The lowest BCUT2D eigenvalue weighted by atomic mass is 10.2. The van der Waals surface area contributed by atoms with E-state index in [4.69, 9.17) is 4.74 Å². The number of nitrogens with zero attached hydrogens (tertiary/aromatic N) is 2. The van der Waals surface area contributed by atoms with Crippen molar-refractivity contribution in [2.24, 2.45) is 0 Å². The molecule has 1 atom stereocenters. The number of hydrogen-bond acceptors (Lipinski definition) is 3. The molecule has 0 amide bonds. The highest BCUT2D eigenvalue weighted by molar-refractivity contribution is 5.06. The van der Waals surface area contributed by atoms with E-state index in [9.17, 15) is 0 Å². The lowest BCUT2D eigenvalue weighted by molar-refractivity contribution is 0.0721. The van der Waals surface area contributed by atoms with Crippen LogP contribution >= 0.6 is 0 Å². The van der Waals surface area contributed by atoms with E-state index in [0.717, 1.165) is 37.6 Å². The third-order valence-electron chi connectivity index (χ3n) is 3.08. The molecule has 4 nitrogen and oxygen atoms in total. The average molecular weight is 223 g/mol. The van der Waals surface area contributed by atoms with Crippen molar-refractivity contribution in [3.05, 3.63) is 17.5 Å². The monoisotopic (exact) mass is 223 g/mol. The number of rotatable bonds is 5. The zero-order chi connectivity index (χ0) is 11.4. The van der Waals surface area contributed by atoms with Crippen molar-refractivity contribution < 1.29 is 4.74 Å². The Bertz CT molecular complexity index is 318. The summed E-state index contributed by atoms with van der Waals surface area (Å²) in [7, 11) is 0. The average Bonchev–Trinajstić information content (AvgIpc) is 2.89. The van der Waals surface area contributed by atoms with Gasteiger partial charge in [-0.2, -0.15) is 5.10 Å². The van der Waals surface area contributed by atoms with Gasteiger partial charge in [0.1, 0.15) is 0 Å². The Morgan fingerprint density at radius 1 is 1.62 bits per heavy atom. The highest BCUT2D eigenvalue weighted by atomic mass is 16.5. The Morgan fingerprint density at radius 3 is 3.06 bits per heavy atom. The Kier molecular flexibility index (Phi) is 3.96. The molecule has 1 N–H and O–H groups in total. The molecule has 0 bridgehead atoms. The van der Waals surface area contributed by atoms with Crippen molar-refractivity contribution in [3.8, 4) is 0 Å². The van der Waals surface area contributed by atoms with Crippen molar-refractivity contribution in [2.45, 2.75) is 39.3 Å². The standard InChI is InChI=1S/C12H21N3O/c1-3-15(9-12-5-4-6-16-12)8-11-7-10(2)13-14-11/h7,12H,3-6,8-9H2,1-2H3,(H,13,14). The van der Waals surface area contributed by atoms with E-state index in [1.165, 1.54) is 12.8 Å². The fraction of sp³-hybridized carbons (Fsp3) is 0.750. The summed E-state index contributed by atoms with van der Waals surface area (Å²) in [4.78, 5) is 2.39. The van der Waals surface area contributed by atoms with Gasteiger partial charge in [-0.15, -0.1) is 0 Å². The molecule has 0 spiro atoms. The fourth-order valence-electron chi connectivity index (χ4n) is 2.17. The molecule has 1 unspecified atom stereocenters. The number of aromatic amines is 1. The molecule has 1 fully saturated rings. The van der Waals surface area contributed by atoms with Gasteiger partial charge in [-0.05, 0) is 32.4 Å². The van der Waals surface area contributed by atoms with E-state index < -0.39 is 0 Å². The summed E-state index contributed by atoms with van der Waals surface area (Å²) in [5, 5.41) is 7.25. The fourth-order valence-corrected chi connectivity index (χ4v) is 2.17. The molecule has 1 aromatic rings. The molecular formula is C12H21N3O. The van der Waals surface area contributed by atoms with Crippen LogP contribution in [0.4, 0.5) is 0 Å². The van der Waals surface area contributed by atoms with E-state index in [1.807, 2.05) is 6.92 Å². The normalized spacial score (nSPS) is 20.8. The molecule has 90 valence electrons. The topological polar surface area (TPSA) is 41.2 Å². The van der Waals surface area contributed by atoms with Crippen molar-refractivity contribution in [3.63, 3.8) is 0 Å². The minimum Gasteiger partial charge on any atom is -0.377 e. The molecular weight excluding hydrogens is 202 g/mol. The number of H-pyrrole nitrogens is 1. The van der Waals surface area contributed by atoms with E-state index in [-0.39, 0.29) is 0 Å². The van der Waals surface area contributed by atoms with Crippen LogP contribution in [-0.2, 0) is 11.3 Å². The van der Waals surface area contributed by atoms with Crippen LogP contribution in [0.15, 0.2) is 6.07 Å². The van der Waals surface area contributed by atoms with Crippen LogP contribution in [0, 0.1) is 6.92 Å². The van der Waals surface area contributed by atoms with Gasteiger partial charge < -0.3 is 4.74 Å². The van der Waals surface area contributed by atoms with Crippen LogP contribution in [0.3, 0.4) is 0 Å². The molecule has 16 heavy (non-hydrogen) atoms. The van der Waals surface area contributed by atoms with Gasteiger partial charge in [0.05, 0.1) is 11.8 Å². The molecule has 0 radical (unpaired) electrons. The molecule has 0 saturated carbocycles. The number of nitrogens with one attached hydrogen (secondary N) is 1. The zero-order valence-corrected chi connectivity index (χ0v) is 10.2. The first-order valence-corrected chi connectivity index (χ1v) is 6.12. The van der Waals surface area contributed by atoms with Crippen molar-refractivity contribution in [1.29, 1.82) is 0 Å². The van der Waals surface area contributed by atoms with E-state index in [1.54, 1.807) is 0 Å². The van der Waals surface area contributed by atoms with Gasteiger partial charge in [-0.1, -0.05) is 6.92 Å². The number of likely N-dealkylation sites (N-methyl/N-ethyl adjacent to an activating group) is 1. The first kappa shape index (κ1) is 11.6. The first-order chi connectivity index (χ1) is 7.78. The van der Waals surface area contributed by atoms with Crippen molar-refractivity contribution in [2.75, 3.05) is 19.7 Å². The highest BCUT2D eigenvalue weighted by Gasteiger charge is 2.18. The molecule has 1 saturated heterocycles. The van der Waals surface area contributed by atoms with Gasteiger partial charge >= 0.3 is 0 Å². The Labute approximate surface area is 97.0 Å². The quantitative estimate of drug-likeness (QED) is 0.826. The molecule has 4 heteroatoms. The number of ether oxygens (including phenoxy) is 1. The number of hydrogen-bond donors (Lipinski definition) is 1. The summed E-state index contributed by atoms with van der Waals surface area (Å²) in [6.07, 6.45) is 2.85. The molecule has 1 aliphatic rings. The van der Waals surface area contributed by atoms with Crippen LogP contribution in [0.5, 0.6) is 0 Å². The van der Waals surface area contributed by atoms with E-state index in [2.05, 4.69) is 28.1 Å². The minimum absolute atomic E-state index is 0.431. The molecule has 0 aromatic carbocycles. The summed E-state index contributed by atoms with van der Waals surface area (Å²) in [6, 6.07) is 2.11. The summed E-state index contributed by atoms with van der Waals surface area (Å²) in [5.41, 5.74) is 2.25. The molecule has 1 aromatic heterocycles. The van der Waals surface area contributed by atoms with Gasteiger partial charge in [0.2, 0.25) is 0 Å². The molecule has 2 heterocycles. The second kappa shape index (κ2) is 5.46. The Balaban J connectivity index is 1.84. The Hall–Kier alpha value is -0.870. The van der Waals surface area contributed by atoms with Crippen LogP contribution in [0.2, 0.25) is 0 Å². The lowest BCUT2D eigenvalue weighted by Crippen LogP contribution is -2.31. The molecule has 1 aliphatic heterocycles. The second-order valence-corrected chi connectivity index (χ2v) is 4.51. The smallest absolute Gasteiger partial charge is 0.0765 e. The summed E-state index contributed by atoms with van der Waals surface area (Å²) in [6.45, 7) is 8.15. The SMILES string of the molecule is CCN(Cc1cc(C)[nH]n1)CC1CCCO1. The predicted molar refractivity (Wildman–Crippen MR) is 63.2 cm³/mol. The van der Waals surface area contributed by atoms with Crippen LogP contribution in [-0.4, -0.2) is 40.9 Å². The van der Waals surface area contributed by atoms with Gasteiger partial charge in [0.25, 0.3) is 0 Å². The van der Waals surface area contributed by atoms with Crippen molar-refractivity contribution >= 4 is 0 Å². The van der Waals surface area contributed by atoms with Crippen LogP contribution < -0.4 is 0 Å². The second-order valence-electron chi connectivity index (χ2n) is 4.51. The third-order valence-corrected chi connectivity index (χ3v) is 3.08. The molecule has 2 rings (SSSR count). The largest absolute Gasteiger partial charge is 0.377 e. The summed E-state index contributed by atoms with van der Waals surface area (Å²) >= 11 is 0. The van der Waals surface area contributed by atoms with Crippen LogP contribution in [0.25, 0.3) is 0 Å².